The van der Waals surface area contributed by atoms with Gasteiger partial charge in [0.1, 0.15) is 23.0 Å². The van der Waals surface area contributed by atoms with Crippen LogP contribution in [0.25, 0.3) is 10.2 Å². The summed E-state index contributed by atoms with van der Waals surface area (Å²) in [6.45, 7) is 0.855. The van der Waals surface area contributed by atoms with Crippen LogP contribution >= 0.6 is 11.3 Å². The quantitative estimate of drug-likeness (QED) is 0.429. The molecule has 0 spiro atoms. The van der Waals surface area contributed by atoms with Gasteiger partial charge in [0.25, 0.3) is 5.91 Å². The van der Waals surface area contributed by atoms with Crippen molar-refractivity contribution in [3.63, 3.8) is 0 Å². The minimum Gasteiger partial charge on any atom is -0.368 e. The van der Waals surface area contributed by atoms with Crippen LogP contribution in [0.15, 0.2) is 17.8 Å². The second-order valence-electron chi connectivity index (χ2n) is 4.86. The highest BCUT2D eigenvalue weighted by molar-refractivity contribution is 7.16. The van der Waals surface area contributed by atoms with Crippen LogP contribution in [-0.4, -0.2) is 46.9 Å². The molecule has 10 heteroatoms. The molecule has 0 aliphatic carbocycles. The minimum atomic E-state index is -0.803. The van der Waals surface area contributed by atoms with Crippen LogP contribution in [0.1, 0.15) is 6.42 Å². The van der Waals surface area contributed by atoms with Gasteiger partial charge >= 0.3 is 6.03 Å². The number of urea groups is 1. The van der Waals surface area contributed by atoms with Gasteiger partial charge in [0.2, 0.25) is 5.91 Å². The number of carbonyl (C=O) groups excluding carboxylic acids is 3. The zero-order valence-corrected chi connectivity index (χ0v) is 12.8. The van der Waals surface area contributed by atoms with Crippen molar-refractivity contribution in [1.82, 2.24) is 25.9 Å². The van der Waals surface area contributed by atoms with Crippen molar-refractivity contribution in [3.05, 3.63) is 17.8 Å². The van der Waals surface area contributed by atoms with E-state index in [0.717, 1.165) is 10.2 Å². The zero-order valence-electron chi connectivity index (χ0n) is 12.0. The number of thiophene rings is 1. The maximum absolute atomic E-state index is 11.7. The van der Waals surface area contributed by atoms with Crippen LogP contribution in [0.2, 0.25) is 0 Å². The number of nitrogens with zero attached hydrogens (tertiary/aromatic N) is 2. The molecule has 1 saturated heterocycles. The van der Waals surface area contributed by atoms with Crippen molar-refractivity contribution in [3.8, 4) is 0 Å². The Hall–Kier alpha value is -2.75. The number of aromatic nitrogens is 2. The maximum Gasteiger partial charge on any atom is 0.322 e. The summed E-state index contributed by atoms with van der Waals surface area (Å²) in [4.78, 5) is 43.2. The van der Waals surface area contributed by atoms with E-state index < -0.39 is 18.0 Å². The van der Waals surface area contributed by atoms with Crippen LogP contribution in [-0.2, 0) is 9.59 Å². The van der Waals surface area contributed by atoms with Crippen molar-refractivity contribution in [2.75, 3.05) is 18.4 Å². The van der Waals surface area contributed by atoms with E-state index in [-0.39, 0.29) is 12.3 Å². The number of fused-ring (bicyclic) bond motifs is 1. The standard InChI is InChI=1S/C13H14N6O3S/c20-9(5-8-11(21)19-13(22)18-8)14-2-3-15-10-7-1-4-23-12(7)17-6-16-10/h1,4,6,8H,2-3,5H2,(H,14,20)(H,15,16,17)(H2,18,19,21,22)/t8-/m1/s1. The first-order valence-corrected chi connectivity index (χ1v) is 7.81. The van der Waals surface area contributed by atoms with Gasteiger partial charge in [-0.2, -0.15) is 0 Å². The average molecular weight is 334 g/mol. The second kappa shape index (κ2) is 6.57. The Morgan fingerprint density at radius 3 is 2.96 bits per heavy atom. The fourth-order valence-corrected chi connectivity index (χ4v) is 2.91. The number of rotatable bonds is 6. The van der Waals surface area contributed by atoms with E-state index in [4.69, 9.17) is 0 Å². The Bertz CT molecular complexity index is 761. The molecule has 4 amide bonds. The topological polar surface area (TPSA) is 125 Å². The molecule has 3 rings (SSSR count). The summed E-state index contributed by atoms with van der Waals surface area (Å²) in [5.74, 6) is -0.0745. The molecule has 1 aliphatic heterocycles. The fourth-order valence-electron chi connectivity index (χ4n) is 2.17. The van der Waals surface area contributed by atoms with Gasteiger partial charge in [-0.25, -0.2) is 14.8 Å². The van der Waals surface area contributed by atoms with Gasteiger partial charge in [0, 0.05) is 13.1 Å². The second-order valence-corrected chi connectivity index (χ2v) is 5.75. The molecule has 4 N–H and O–H groups in total. The summed E-state index contributed by atoms with van der Waals surface area (Å²) in [6.07, 6.45) is 1.40. The van der Waals surface area contributed by atoms with E-state index in [0.29, 0.717) is 18.9 Å². The van der Waals surface area contributed by atoms with Gasteiger partial charge in [0.15, 0.2) is 0 Å². The molecule has 1 fully saturated rings. The first-order valence-electron chi connectivity index (χ1n) is 6.93. The number of hydrogen-bond acceptors (Lipinski definition) is 7. The van der Waals surface area contributed by atoms with Crippen molar-refractivity contribution < 1.29 is 14.4 Å². The third kappa shape index (κ3) is 3.54. The molecular formula is C13H14N6O3S. The van der Waals surface area contributed by atoms with Crippen molar-refractivity contribution in [2.24, 2.45) is 0 Å². The van der Waals surface area contributed by atoms with Crippen LogP contribution in [0.3, 0.4) is 0 Å². The van der Waals surface area contributed by atoms with Crippen molar-refractivity contribution in [2.45, 2.75) is 12.5 Å². The number of imide groups is 1. The Morgan fingerprint density at radius 2 is 2.17 bits per heavy atom. The summed E-state index contributed by atoms with van der Waals surface area (Å²) in [5.41, 5.74) is 0. The predicted octanol–water partition coefficient (Wildman–Crippen LogP) is -0.183. The smallest absolute Gasteiger partial charge is 0.322 e. The van der Waals surface area contributed by atoms with E-state index in [1.54, 1.807) is 0 Å². The molecule has 0 radical (unpaired) electrons. The highest BCUT2D eigenvalue weighted by atomic mass is 32.1. The Balaban J connectivity index is 1.43. The van der Waals surface area contributed by atoms with E-state index in [9.17, 15) is 14.4 Å². The van der Waals surface area contributed by atoms with E-state index in [1.165, 1.54) is 17.7 Å². The molecule has 0 unspecified atom stereocenters. The number of anilines is 1. The van der Waals surface area contributed by atoms with Crippen LogP contribution in [0, 0.1) is 0 Å². The Morgan fingerprint density at radius 1 is 1.30 bits per heavy atom. The molecule has 2 aromatic rings. The van der Waals surface area contributed by atoms with Gasteiger partial charge in [-0.15, -0.1) is 11.3 Å². The monoisotopic (exact) mass is 334 g/mol. The summed E-state index contributed by atoms with van der Waals surface area (Å²) in [7, 11) is 0. The van der Waals surface area contributed by atoms with Gasteiger partial charge in [-0.1, -0.05) is 0 Å². The molecule has 23 heavy (non-hydrogen) atoms. The van der Waals surface area contributed by atoms with Gasteiger partial charge in [-0.3, -0.25) is 14.9 Å². The molecule has 9 nitrogen and oxygen atoms in total. The van der Waals surface area contributed by atoms with Crippen LogP contribution < -0.4 is 21.3 Å². The van der Waals surface area contributed by atoms with E-state index >= 15 is 0 Å². The molecule has 0 bridgehead atoms. The van der Waals surface area contributed by atoms with Crippen molar-refractivity contribution in [1.29, 1.82) is 0 Å². The van der Waals surface area contributed by atoms with E-state index in [1.807, 2.05) is 11.4 Å². The summed E-state index contributed by atoms with van der Waals surface area (Å²) >= 11 is 1.53. The number of amides is 4. The molecule has 0 saturated carbocycles. The number of nitrogens with one attached hydrogen (secondary N) is 4. The first kappa shape index (κ1) is 15.2. The molecule has 120 valence electrons. The Kier molecular flexibility index (Phi) is 4.33. The first-order chi connectivity index (χ1) is 11.1. The molecule has 2 aromatic heterocycles. The van der Waals surface area contributed by atoms with Gasteiger partial charge in [0.05, 0.1) is 11.8 Å². The SMILES string of the molecule is O=C(C[C@H]1NC(=O)NC1=O)NCCNc1ncnc2sccc12. The Labute approximate surface area is 134 Å². The summed E-state index contributed by atoms with van der Waals surface area (Å²) in [5, 5.41) is 13.1. The lowest BCUT2D eigenvalue weighted by molar-refractivity contribution is -0.126. The van der Waals surface area contributed by atoms with Crippen LogP contribution in [0.4, 0.5) is 10.6 Å². The molecule has 1 aliphatic rings. The average Bonchev–Trinajstić information content (AvgIpc) is 3.11. The van der Waals surface area contributed by atoms with E-state index in [2.05, 4.69) is 31.2 Å². The predicted molar refractivity (Wildman–Crippen MR) is 84.0 cm³/mol. The lowest BCUT2D eigenvalue weighted by atomic mass is 10.2. The lowest BCUT2D eigenvalue weighted by Crippen LogP contribution is -2.37. The zero-order chi connectivity index (χ0) is 16.2. The van der Waals surface area contributed by atoms with Crippen LogP contribution in [0.5, 0.6) is 0 Å². The molecule has 3 heterocycles. The lowest BCUT2D eigenvalue weighted by Gasteiger charge is -2.09. The third-order valence-electron chi connectivity index (χ3n) is 3.25. The molecular weight excluding hydrogens is 320 g/mol. The highest BCUT2D eigenvalue weighted by Gasteiger charge is 2.30. The molecule has 0 aromatic carbocycles. The number of carbonyl (C=O) groups is 3. The maximum atomic E-state index is 11.7. The van der Waals surface area contributed by atoms with Gasteiger partial charge < -0.3 is 16.0 Å². The minimum absolute atomic E-state index is 0.0835. The normalized spacial score (nSPS) is 17.0. The fraction of sp³-hybridized carbons (Fsp3) is 0.308. The number of hydrogen-bond donors (Lipinski definition) is 4. The summed E-state index contributed by atoms with van der Waals surface area (Å²) < 4.78 is 0. The third-order valence-corrected chi connectivity index (χ3v) is 4.07. The highest BCUT2D eigenvalue weighted by Crippen LogP contribution is 2.23. The molecule has 1 atom stereocenters. The largest absolute Gasteiger partial charge is 0.368 e. The summed E-state index contributed by atoms with van der Waals surface area (Å²) in [6, 6.07) is 0.559. The van der Waals surface area contributed by atoms with Crippen molar-refractivity contribution >= 4 is 45.2 Å². The van der Waals surface area contributed by atoms with Gasteiger partial charge in [-0.05, 0) is 11.4 Å².